The number of nitrogens with one attached hydrogen (secondary N) is 1. The van der Waals surface area contributed by atoms with Gasteiger partial charge in [-0.15, -0.1) is 0 Å². The average molecular weight is 243 g/mol. The van der Waals surface area contributed by atoms with E-state index in [1.165, 1.54) is 56.6 Å². The van der Waals surface area contributed by atoms with Crippen LogP contribution in [0.15, 0.2) is 0 Å². The van der Waals surface area contributed by atoms with Crippen molar-refractivity contribution in [2.45, 2.75) is 57.1 Å². The standard InChI is InChI=1S/C13H25NOS/c1-2-3-7-14-12-4-8-15-13(11-12)5-9-16-10-6-13/h12,14H,2-11H2,1H3. The van der Waals surface area contributed by atoms with Crippen molar-refractivity contribution in [3.63, 3.8) is 0 Å². The Balaban J connectivity index is 1.78. The molecule has 0 aromatic rings. The summed E-state index contributed by atoms with van der Waals surface area (Å²) in [6, 6.07) is 0.711. The SMILES string of the molecule is CCCCNC1CCOC2(CCSCC2)C1. The molecule has 2 heterocycles. The predicted molar refractivity (Wildman–Crippen MR) is 71.2 cm³/mol. The maximum absolute atomic E-state index is 6.09. The van der Waals surface area contributed by atoms with Gasteiger partial charge in [0.25, 0.3) is 0 Å². The van der Waals surface area contributed by atoms with Gasteiger partial charge in [0.2, 0.25) is 0 Å². The summed E-state index contributed by atoms with van der Waals surface area (Å²) in [4.78, 5) is 0. The van der Waals surface area contributed by atoms with Crippen LogP contribution in [0.5, 0.6) is 0 Å². The summed E-state index contributed by atoms with van der Waals surface area (Å²) < 4.78 is 6.09. The summed E-state index contributed by atoms with van der Waals surface area (Å²) in [6.07, 6.45) is 7.58. The van der Waals surface area contributed by atoms with Gasteiger partial charge < -0.3 is 10.1 Å². The molecule has 2 aliphatic heterocycles. The van der Waals surface area contributed by atoms with E-state index < -0.39 is 0 Å². The molecule has 0 aromatic heterocycles. The van der Waals surface area contributed by atoms with E-state index in [-0.39, 0.29) is 5.60 Å². The molecule has 1 N–H and O–H groups in total. The molecule has 1 spiro atoms. The van der Waals surface area contributed by atoms with Gasteiger partial charge in [-0.05, 0) is 50.2 Å². The Kier molecular flexibility index (Phi) is 4.98. The minimum absolute atomic E-state index is 0.243. The van der Waals surface area contributed by atoms with Gasteiger partial charge in [-0.3, -0.25) is 0 Å². The van der Waals surface area contributed by atoms with E-state index in [2.05, 4.69) is 24.0 Å². The van der Waals surface area contributed by atoms with Gasteiger partial charge in [-0.25, -0.2) is 0 Å². The molecule has 2 nitrogen and oxygen atoms in total. The van der Waals surface area contributed by atoms with Gasteiger partial charge in [-0.2, -0.15) is 11.8 Å². The third kappa shape index (κ3) is 3.38. The molecular weight excluding hydrogens is 218 g/mol. The Labute approximate surface area is 104 Å². The lowest BCUT2D eigenvalue weighted by atomic mass is 9.85. The number of unbranched alkanes of at least 4 members (excludes halogenated alkanes) is 1. The predicted octanol–water partition coefficient (Wildman–Crippen LogP) is 2.82. The molecule has 94 valence electrons. The van der Waals surface area contributed by atoms with Crippen molar-refractivity contribution in [1.29, 1.82) is 0 Å². The molecule has 1 atom stereocenters. The molecule has 0 amide bonds. The zero-order valence-electron chi connectivity index (χ0n) is 10.5. The van der Waals surface area contributed by atoms with E-state index in [0.29, 0.717) is 6.04 Å². The highest BCUT2D eigenvalue weighted by Crippen LogP contribution is 2.37. The van der Waals surface area contributed by atoms with Crippen LogP contribution in [0.3, 0.4) is 0 Å². The highest BCUT2D eigenvalue weighted by molar-refractivity contribution is 7.99. The molecule has 2 saturated heterocycles. The second kappa shape index (κ2) is 6.27. The van der Waals surface area contributed by atoms with E-state index in [9.17, 15) is 0 Å². The molecular formula is C13H25NOS. The molecule has 0 bridgehead atoms. The summed E-state index contributed by atoms with van der Waals surface area (Å²) in [5.74, 6) is 2.59. The minimum atomic E-state index is 0.243. The number of hydrogen-bond donors (Lipinski definition) is 1. The zero-order chi connectivity index (χ0) is 11.3. The highest BCUT2D eigenvalue weighted by Gasteiger charge is 2.38. The van der Waals surface area contributed by atoms with Gasteiger partial charge in [0, 0.05) is 12.6 Å². The van der Waals surface area contributed by atoms with Crippen LogP contribution in [0.2, 0.25) is 0 Å². The maximum Gasteiger partial charge on any atom is 0.0713 e. The van der Waals surface area contributed by atoms with Crippen molar-refractivity contribution in [3.05, 3.63) is 0 Å². The van der Waals surface area contributed by atoms with Crippen LogP contribution in [0, 0.1) is 0 Å². The third-order valence-electron chi connectivity index (χ3n) is 3.86. The highest BCUT2D eigenvalue weighted by atomic mass is 32.2. The number of rotatable bonds is 4. The monoisotopic (exact) mass is 243 g/mol. The largest absolute Gasteiger partial charge is 0.375 e. The second-order valence-corrected chi connectivity index (χ2v) is 6.37. The number of hydrogen-bond acceptors (Lipinski definition) is 3. The van der Waals surface area contributed by atoms with Gasteiger partial charge >= 0.3 is 0 Å². The van der Waals surface area contributed by atoms with Crippen molar-refractivity contribution in [2.75, 3.05) is 24.7 Å². The zero-order valence-corrected chi connectivity index (χ0v) is 11.3. The van der Waals surface area contributed by atoms with Crippen LogP contribution >= 0.6 is 11.8 Å². The van der Waals surface area contributed by atoms with Crippen LogP contribution in [-0.4, -0.2) is 36.3 Å². The molecule has 0 radical (unpaired) electrons. The van der Waals surface area contributed by atoms with E-state index in [1.807, 2.05) is 0 Å². The minimum Gasteiger partial charge on any atom is -0.375 e. The molecule has 16 heavy (non-hydrogen) atoms. The van der Waals surface area contributed by atoms with Gasteiger partial charge in [0.05, 0.1) is 5.60 Å². The lowest BCUT2D eigenvalue weighted by Gasteiger charge is -2.43. The lowest BCUT2D eigenvalue weighted by Crippen LogP contribution is -2.49. The van der Waals surface area contributed by atoms with E-state index in [1.54, 1.807) is 0 Å². The number of thioether (sulfide) groups is 1. The first-order chi connectivity index (χ1) is 7.85. The summed E-state index contributed by atoms with van der Waals surface area (Å²) in [6.45, 7) is 4.41. The van der Waals surface area contributed by atoms with Crippen molar-refractivity contribution in [1.82, 2.24) is 5.32 Å². The molecule has 2 fully saturated rings. The van der Waals surface area contributed by atoms with Crippen LogP contribution in [0.1, 0.15) is 45.4 Å². The summed E-state index contributed by atoms with van der Waals surface area (Å²) >= 11 is 2.08. The fourth-order valence-corrected chi connectivity index (χ4v) is 4.01. The third-order valence-corrected chi connectivity index (χ3v) is 4.85. The topological polar surface area (TPSA) is 21.3 Å². The van der Waals surface area contributed by atoms with Crippen LogP contribution in [-0.2, 0) is 4.74 Å². The Bertz CT molecular complexity index is 199. The fraction of sp³-hybridized carbons (Fsp3) is 1.00. The molecule has 0 saturated carbocycles. The van der Waals surface area contributed by atoms with Crippen LogP contribution < -0.4 is 5.32 Å². The summed E-state index contributed by atoms with van der Waals surface area (Å²) in [7, 11) is 0. The lowest BCUT2D eigenvalue weighted by molar-refractivity contribution is -0.0930. The first kappa shape index (κ1) is 12.7. The Hall–Kier alpha value is 0.270. The first-order valence-corrected chi connectivity index (χ1v) is 7.95. The first-order valence-electron chi connectivity index (χ1n) is 6.80. The van der Waals surface area contributed by atoms with Crippen LogP contribution in [0.25, 0.3) is 0 Å². The molecule has 0 aliphatic carbocycles. The molecule has 2 aliphatic rings. The van der Waals surface area contributed by atoms with Gasteiger partial charge in [-0.1, -0.05) is 13.3 Å². The van der Waals surface area contributed by atoms with E-state index in [0.717, 1.165) is 6.61 Å². The maximum atomic E-state index is 6.09. The molecule has 2 rings (SSSR count). The molecule has 1 unspecified atom stereocenters. The van der Waals surface area contributed by atoms with Crippen molar-refractivity contribution in [3.8, 4) is 0 Å². The van der Waals surface area contributed by atoms with E-state index >= 15 is 0 Å². The van der Waals surface area contributed by atoms with Gasteiger partial charge in [0.15, 0.2) is 0 Å². The van der Waals surface area contributed by atoms with Crippen molar-refractivity contribution >= 4 is 11.8 Å². The number of ether oxygens (including phenoxy) is 1. The van der Waals surface area contributed by atoms with Crippen LogP contribution in [0.4, 0.5) is 0 Å². The smallest absolute Gasteiger partial charge is 0.0713 e. The Morgan fingerprint density at radius 3 is 2.94 bits per heavy atom. The fourth-order valence-electron chi connectivity index (χ4n) is 2.78. The van der Waals surface area contributed by atoms with Crippen molar-refractivity contribution in [2.24, 2.45) is 0 Å². The van der Waals surface area contributed by atoms with E-state index in [4.69, 9.17) is 4.74 Å². The normalized spacial score (nSPS) is 29.4. The summed E-state index contributed by atoms with van der Waals surface area (Å²) in [5.41, 5.74) is 0.243. The summed E-state index contributed by atoms with van der Waals surface area (Å²) in [5, 5.41) is 3.71. The molecule has 0 aromatic carbocycles. The average Bonchev–Trinajstić information content (AvgIpc) is 2.31. The quantitative estimate of drug-likeness (QED) is 0.767. The Morgan fingerprint density at radius 2 is 2.19 bits per heavy atom. The Morgan fingerprint density at radius 1 is 1.38 bits per heavy atom. The molecule has 3 heteroatoms. The van der Waals surface area contributed by atoms with Gasteiger partial charge in [0.1, 0.15) is 0 Å². The second-order valence-electron chi connectivity index (χ2n) is 5.14. The van der Waals surface area contributed by atoms with Crippen molar-refractivity contribution < 1.29 is 4.74 Å².